The summed E-state index contributed by atoms with van der Waals surface area (Å²) < 4.78 is 10.8. The van der Waals surface area contributed by atoms with E-state index in [2.05, 4.69) is 83.8 Å². The number of hydrogen-bond donors (Lipinski definition) is 0. The predicted octanol–water partition coefficient (Wildman–Crippen LogP) is 4.32. The van der Waals surface area contributed by atoms with Gasteiger partial charge in [0.1, 0.15) is 6.61 Å². The standard InChI is InChI=1S/C22H19N2O/c1-15-8-3-4-10-17(15)22-23(2)19-12-7-9-16-14-25-20-13-6-5-11-18(20)24(22)21(16)19/h3-13H,14H2,1-2H3/q+1. The van der Waals surface area contributed by atoms with Crippen LogP contribution in [0.25, 0.3) is 28.1 Å². The lowest BCUT2D eigenvalue weighted by Gasteiger charge is -2.08. The fraction of sp³-hybridized carbons (Fsp3) is 0.136. The summed E-state index contributed by atoms with van der Waals surface area (Å²) in [6, 6.07) is 23.3. The highest BCUT2D eigenvalue weighted by molar-refractivity contribution is 5.84. The summed E-state index contributed by atoms with van der Waals surface area (Å²) in [5.41, 5.74) is 7.26. The molecule has 3 aromatic carbocycles. The van der Waals surface area contributed by atoms with Gasteiger partial charge in [-0.15, -0.1) is 0 Å². The van der Waals surface area contributed by atoms with Gasteiger partial charge in [-0.3, -0.25) is 0 Å². The van der Waals surface area contributed by atoms with E-state index in [1.807, 2.05) is 6.07 Å². The first-order chi connectivity index (χ1) is 12.3. The van der Waals surface area contributed by atoms with Crippen LogP contribution in [-0.2, 0) is 13.7 Å². The molecule has 2 heterocycles. The van der Waals surface area contributed by atoms with Crippen molar-refractivity contribution in [2.75, 3.05) is 0 Å². The van der Waals surface area contributed by atoms with E-state index in [9.17, 15) is 0 Å². The molecule has 0 amide bonds. The maximum absolute atomic E-state index is 6.11. The maximum Gasteiger partial charge on any atom is 0.295 e. The zero-order valence-corrected chi connectivity index (χ0v) is 14.4. The summed E-state index contributed by atoms with van der Waals surface area (Å²) in [5.74, 6) is 2.10. The van der Waals surface area contributed by atoms with Crippen molar-refractivity contribution in [3.05, 3.63) is 77.9 Å². The molecule has 0 atom stereocenters. The van der Waals surface area contributed by atoms with Gasteiger partial charge in [-0.1, -0.05) is 42.5 Å². The Morgan fingerprint density at radius 3 is 2.60 bits per heavy atom. The first kappa shape index (κ1) is 14.3. The minimum absolute atomic E-state index is 0.589. The van der Waals surface area contributed by atoms with Gasteiger partial charge in [0, 0.05) is 5.56 Å². The van der Waals surface area contributed by atoms with Crippen molar-refractivity contribution in [3.63, 3.8) is 0 Å². The second-order valence-corrected chi connectivity index (χ2v) is 6.57. The van der Waals surface area contributed by atoms with E-state index in [0.29, 0.717) is 6.61 Å². The van der Waals surface area contributed by atoms with Crippen LogP contribution in [0.1, 0.15) is 11.1 Å². The first-order valence-electron chi connectivity index (χ1n) is 8.56. The van der Waals surface area contributed by atoms with Crippen LogP contribution in [0, 0.1) is 6.92 Å². The van der Waals surface area contributed by atoms with Crippen LogP contribution >= 0.6 is 0 Å². The molecule has 0 saturated carbocycles. The molecule has 0 fully saturated rings. The molecule has 25 heavy (non-hydrogen) atoms. The van der Waals surface area contributed by atoms with Crippen molar-refractivity contribution in [3.8, 4) is 22.8 Å². The molecule has 122 valence electrons. The highest BCUT2D eigenvalue weighted by Crippen LogP contribution is 2.36. The Morgan fingerprint density at radius 1 is 0.920 bits per heavy atom. The molecular formula is C22H19N2O+. The number of imidazole rings is 1. The fourth-order valence-corrected chi connectivity index (χ4v) is 3.87. The van der Waals surface area contributed by atoms with Crippen LogP contribution in [0.4, 0.5) is 0 Å². The number of fused-ring (bicyclic) bond motifs is 2. The molecule has 0 aliphatic carbocycles. The van der Waals surface area contributed by atoms with E-state index < -0.39 is 0 Å². The van der Waals surface area contributed by atoms with Gasteiger partial charge in [-0.25, -0.2) is 4.57 Å². The molecule has 1 aliphatic heterocycles. The van der Waals surface area contributed by atoms with E-state index in [1.165, 1.54) is 33.5 Å². The van der Waals surface area contributed by atoms with E-state index >= 15 is 0 Å². The molecule has 0 radical (unpaired) electrons. The zero-order chi connectivity index (χ0) is 17.0. The number of rotatable bonds is 1. The van der Waals surface area contributed by atoms with Gasteiger partial charge in [0.15, 0.2) is 22.5 Å². The Balaban J connectivity index is 2.00. The lowest BCUT2D eigenvalue weighted by Crippen LogP contribution is -2.30. The largest absolute Gasteiger partial charge is 0.484 e. The second-order valence-electron chi connectivity index (χ2n) is 6.57. The lowest BCUT2D eigenvalue weighted by molar-refractivity contribution is -0.633. The Hall–Kier alpha value is -3.07. The Bertz CT molecular complexity index is 1120. The van der Waals surface area contributed by atoms with Gasteiger partial charge >= 0.3 is 0 Å². The summed E-state index contributed by atoms with van der Waals surface area (Å²) in [4.78, 5) is 0. The van der Waals surface area contributed by atoms with Crippen molar-refractivity contribution in [2.45, 2.75) is 13.5 Å². The molecule has 3 heteroatoms. The first-order valence-corrected chi connectivity index (χ1v) is 8.56. The van der Waals surface area contributed by atoms with Gasteiger partial charge in [0.05, 0.1) is 12.6 Å². The van der Waals surface area contributed by atoms with E-state index in [1.54, 1.807) is 0 Å². The summed E-state index contributed by atoms with van der Waals surface area (Å²) in [6.07, 6.45) is 0. The zero-order valence-electron chi connectivity index (χ0n) is 14.4. The van der Waals surface area contributed by atoms with Crippen LogP contribution in [0.15, 0.2) is 66.7 Å². The summed E-state index contributed by atoms with van der Waals surface area (Å²) >= 11 is 0. The van der Waals surface area contributed by atoms with Crippen molar-refractivity contribution >= 4 is 11.0 Å². The molecule has 0 bridgehead atoms. The summed E-state index contributed by atoms with van der Waals surface area (Å²) in [7, 11) is 2.15. The van der Waals surface area contributed by atoms with Gasteiger partial charge in [0.2, 0.25) is 0 Å². The normalized spacial score (nSPS) is 12.6. The lowest BCUT2D eigenvalue weighted by atomic mass is 10.1. The maximum atomic E-state index is 6.11. The van der Waals surface area contributed by atoms with Crippen LogP contribution in [0.3, 0.4) is 0 Å². The van der Waals surface area contributed by atoms with E-state index in [-0.39, 0.29) is 0 Å². The molecule has 0 spiro atoms. The quantitative estimate of drug-likeness (QED) is 0.476. The minimum Gasteiger partial charge on any atom is -0.484 e. The highest BCUT2D eigenvalue weighted by Gasteiger charge is 2.32. The average Bonchev–Trinajstić information content (AvgIpc) is 2.83. The van der Waals surface area contributed by atoms with Gasteiger partial charge in [-0.2, -0.15) is 4.57 Å². The Morgan fingerprint density at radius 2 is 1.72 bits per heavy atom. The number of aryl methyl sites for hydroxylation is 2. The molecule has 1 aromatic heterocycles. The Labute approximate surface area is 146 Å². The average molecular weight is 327 g/mol. The number of nitrogens with zero attached hydrogens (tertiary/aromatic N) is 2. The molecule has 0 saturated heterocycles. The molecule has 3 nitrogen and oxygen atoms in total. The Kier molecular flexibility index (Phi) is 2.98. The molecular weight excluding hydrogens is 308 g/mol. The number of hydrogen-bond acceptors (Lipinski definition) is 1. The SMILES string of the molecule is Cc1ccccc1-c1n2c3c(cccc3[n+]1C)COc1ccccc1-2. The van der Waals surface area contributed by atoms with Crippen molar-refractivity contribution in [2.24, 2.45) is 7.05 Å². The third kappa shape index (κ3) is 1.96. The summed E-state index contributed by atoms with van der Waals surface area (Å²) in [5, 5.41) is 0. The second kappa shape index (κ2) is 5.21. The smallest absolute Gasteiger partial charge is 0.295 e. The number of aromatic nitrogens is 2. The van der Waals surface area contributed by atoms with Crippen LogP contribution in [-0.4, -0.2) is 4.57 Å². The number of benzene rings is 3. The fourth-order valence-electron chi connectivity index (χ4n) is 3.87. The minimum atomic E-state index is 0.589. The molecule has 4 aromatic rings. The van der Waals surface area contributed by atoms with E-state index in [0.717, 1.165) is 11.4 Å². The van der Waals surface area contributed by atoms with Crippen molar-refractivity contribution in [1.82, 2.24) is 4.57 Å². The van der Waals surface area contributed by atoms with Crippen LogP contribution < -0.4 is 9.30 Å². The number of para-hydroxylation sites is 3. The molecule has 0 N–H and O–H groups in total. The molecule has 0 unspecified atom stereocenters. The van der Waals surface area contributed by atoms with Crippen molar-refractivity contribution < 1.29 is 9.30 Å². The van der Waals surface area contributed by atoms with Crippen LogP contribution in [0.2, 0.25) is 0 Å². The van der Waals surface area contributed by atoms with E-state index in [4.69, 9.17) is 4.74 Å². The highest BCUT2D eigenvalue weighted by atomic mass is 16.5. The van der Waals surface area contributed by atoms with Crippen molar-refractivity contribution in [1.29, 1.82) is 0 Å². The summed E-state index contributed by atoms with van der Waals surface area (Å²) in [6.45, 7) is 2.76. The number of ether oxygens (including phenoxy) is 1. The molecule has 1 aliphatic rings. The van der Waals surface area contributed by atoms with Gasteiger partial charge in [-0.05, 0) is 36.8 Å². The van der Waals surface area contributed by atoms with Crippen LogP contribution in [0.5, 0.6) is 5.75 Å². The topological polar surface area (TPSA) is 18.0 Å². The van der Waals surface area contributed by atoms with Gasteiger partial charge < -0.3 is 4.74 Å². The monoisotopic (exact) mass is 327 g/mol. The molecule has 5 rings (SSSR count). The van der Waals surface area contributed by atoms with Gasteiger partial charge in [0.25, 0.3) is 5.82 Å². The third-order valence-electron chi connectivity index (χ3n) is 5.09. The predicted molar refractivity (Wildman–Crippen MR) is 99.0 cm³/mol. The third-order valence-corrected chi connectivity index (χ3v) is 5.09.